The van der Waals surface area contributed by atoms with Gasteiger partial charge >= 0.3 is 0 Å². The Bertz CT molecular complexity index is 2970. The van der Waals surface area contributed by atoms with Gasteiger partial charge < -0.3 is 4.90 Å². The fourth-order valence-electron chi connectivity index (χ4n) is 10.2. The first-order valence-corrected chi connectivity index (χ1v) is 20.7. The zero-order valence-corrected chi connectivity index (χ0v) is 33.3. The molecule has 0 saturated carbocycles. The molecule has 2 aliphatic rings. The zero-order chi connectivity index (χ0) is 39.6. The SMILES string of the molecule is CC1(C)c2ccccc2-c2cc(N(c3ccc(-c4cccc(-c5ccccc5)c4)cc3)c3cccc(C4(c5ccccc5)c5ccccc5-c5ccccc54)c3)ccc21. The average molecular weight is 754 g/mol. The number of anilines is 3. The van der Waals surface area contributed by atoms with E-state index in [0.717, 1.165) is 17.1 Å². The van der Waals surface area contributed by atoms with E-state index >= 15 is 0 Å². The molecule has 0 bridgehead atoms. The van der Waals surface area contributed by atoms with E-state index in [1.165, 1.54) is 77.9 Å². The van der Waals surface area contributed by atoms with Gasteiger partial charge in [0.15, 0.2) is 0 Å². The van der Waals surface area contributed by atoms with Crippen LogP contribution in [0.5, 0.6) is 0 Å². The molecule has 11 rings (SSSR count). The van der Waals surface area contributed by atoms with Crippen LogP contribution in [0.25, 0.3) is 44.5 Å². The predicted molar refractivity (Wildman–Crippen MR) is 247 cm³/mol. The van der Waals surface area contributed by atoms with Crippen molar-refractivity contribution in [1.82, 2.24) is 0 Å². The summed E-state index contributed by atoms with van der Waals surface area (Å²) in [5.74, 6) is 0. The normalized spacial score (nSPS) is 13.9. The molecule has 9 aromatic carbocycles. The molecule has 2 aliphatic carbocycles. The largest absolute Gasteiger partial charge is 0.310 e. The highest BCUT2D eigenvalue weighted by Gasteiger charge is 2.46. The molecule has 0 saturated heterocycles. The third-order valence-electron chi connectivity index (χ3n) is 13.0. The van der Waals surface area contributed by atoms with E-state index in [-0.39, 0.29) is 5.41 Å². The Morgan fingerprint density at radius 2 is 0.746 bits per heavy atom. The highest BCUT2D eigenvalue weighted by Crippen LogP contribution is 2.57. The Kier molecular flexibility index (Phi) is 8.13. The Morgan fingerprint density at radius 1 is 0.288 bits per heavy atom. The van der Waals surface area contributed by atoms with Crippen molar-refractivity contribution in [2.45, 2.75) is 24.7 Å². The molecule has 0 atom stereocenters. The lowest BCUT2D eigenvalue weighted by Crippen LogP contribution is -2.28. The van der Waals surface area contributed by atoms with Gasteiger partial charge in [0, 0.05) is 22.5 Å². The molecule has 0 aromatic heterocycles. The Labute approximate surface area is 347 Å². The van der Waals surface area contributed by atoms with Gasteiger partial charge in [-0.1, -0.05) is 196 Å². The van der Waals surface area contributed by atoms with E-state index in [1.807, 2.05) is 0 Å². The van der Waals surface area contributed by atoms with Gasteiger partial charge in [0.1, 0.15) is 0 Å². The second-order valence-electron chi connectivity index (χ2n) is 16.5. The monoisotopic (exact) mass is 753 g/mol. The van der Waals surface area contributed by atoms with Gasteiger partial charge in [-0.3, -0.25) is 0 Å². The van der Waals surface area contributed by atoms with E-state index in [2.05, 4.69) is 243 Å². The van der Waals surface area contributed by atoms with Crippen molar-refractivity contribution in [3.05, 3.63) is 258 Å². The van der Waals surface area contributed by atoms with E-state index in [9.17, 15) is 0 Å². The fraction of sp³-hybridized carbons (Fsp3) is 0.0690. The molecule has 0 radical (unpaired) electrons. The Balaban J connectivity index is 1.10. The third-order valence-corrected chi connectivity index (χ3v) is 13.0. The van der Waals surface area contributed by atoms with Crippen LogP contribution < -0.4 is 4.90 Å². The fourth-order valence-corrected chi connectivity index (χ4v) is 10.2. The standard InChI is InChI=1S/C58H43N/c1-57(2)53-28-12-9-27-51(53)52-39-48(35-36-54(52)57)59(46-33-31-41(32-34-46)43-20-15-19-42(37-43)40-17-5-3-6-18-40)47-24-16-23-45(38-47)58(44-21-7-4-8-22-44)55-29-13-10-25-49(55)50-26-11-14-30-56(50)58/h3-39H,1-2H3. The maximum Gasteiger partial charge on any atom is 0.0714 e. The molecule has 280 valence electrons. The highest BCUT2D eigenvalue weighted by atomic mass is 15.1. The summed E-state index contributed by atoms with van der Waals surface area (Å²) in [4.78, 5) is 2.45. The second-order valence-corrected chi connectivity index (χ2v) is 16.5. The molecule has 0 aliphatic heterocycles. The minimum Gasteiger partial charge on any atom is -0.310 e. The first kappa shape index (κ1) is 35.0. The quantitative estimate of drug-likeness (QED) is 0.157. The lowest BCUT2D eigenvalue weighted by atomic mass is 9.67. The summed E-state index contributed by atoms with van der Waals surface area (Å²) < 4.78 is 0. The first-order valence-electron chi connectivity index (χ1n) is 20.7. The van der Waals surface area contributed by atoms with Crippen molar-refractivity contribution in [2.24, 2.45) is 0 Å². The van der Waals surface area contributed by atoms with Gasteiger partial charge in [0.2, 0.25) is 0 Å². The number of hydrogen-bond donors (Lipinski definition) is 0. The molecule has 59 heavy (non-hydrogen) atoms. The van der Waals surface area contributed by atoms with Gasteiger partial charge in [0.05, 0.1) is 5.41 Å². The van der Waals surface area contributed by atoms with E-state index in [0.29, 0.717) is 0 Å². The lowest BCUT2D eigenvalue weighted by molar-refractivity contribution is 0.660. The summed E-state index contributed by atoms with van der Waals surface area (Å²) in [6.07, 6.45) is 0. The second kappa shape index (κ2) is 13.7. The van der Waals surface area contributed by atoms with E-state index < -0.39 is 5.41 Å². The van der Waals surface area contributed by atoms with Crippen molar-refractivity contribution < 1.29 is 0 Å². The van der Waals surface area contributed by atoms with Crippen molar-refractivity contribution in [3.8, 4) is 44.5 Å². The number of hydrogen-bond acceptors (Lipinski definition) is 1. The number of nitrogens with zero attached hydrogens (tertiary/aromatic N) is 1. The molecular weight excluding hydrogens is 711 g/mol. The lowest BCUT2D eigenvalue weighted by Gasteiger charge is -2.35. The third kappa shape index (κ3) is 5.46. The maximum absolute atomic E-state index is 2.45. The topological polar surface area (TPSA) is 3.24 Å². The van der Waals surface area contributed by atoms with E-state index in [4.69, 9.17) is 0 Å². The molecule has 0 heterocycles. The summed E-state index contributed by atoms with van der Waals surface area (Å²) in [6.45, 7) is 4.70. The molecule has 0 N–H and O–H groups in total. The van der Waals surface area contributed by atoms with E-state index in [1.54, 1.807) is 0 Å². The van der Waals surface area contributed by atoms with Crippen LogP contribution in [0.3, 0.4) is 0 Å². The molecule has 0 fully saturated rings. The number of fused-ring (bicyclic) bond motifs is 6. The highest BCUT2D eigenvalue weighted by molar-refractivity contribution is 5.89. The van der Waals surface area contributed by atoms with Crippen LogP contribution in [-0.2, 0) is 10.8 Å². The minimum absolute atomic E-state index is 0.0730. The van der Waals surface area contributed by atoms with Crippen LogP contribution in [0, 0.1) is 0 Å². The summed E-state index contributed by atoms with van der Waals surface area (Å²) >= 11 is 0. The first-order chi connectivity index (χ1) is 29.0. The summed E-state index contributed by atoms with van der Waals surface area (Å²) in [6, 6.07) is 83.0. The number of benzene rings is 9. The van der Waals surface area contributed by atoms with Crippen LogP contribution in [0.2, 0.25) is 0 Å². The van der Waals surface area contributed by atoms with Gasteiger partial charge in [0.25, 0.3) is 0 Å². The van der Waals surface area contributed by atoms with Gasteiger partial charge in [-0.2, -0.15) is 0 Å². The molecule has 1 heteroatoms. The average Bonchev–Trinajstić information content (AvgIpc) is 3.73. The van der Waals surface area contributed by atoms with Crippen molar-refractivity contribution in [2.75, 3.05) is 4.90 Å². The van der Waals surface area contributed by atoms with Gasteiger partial charge in [-0.05, 0) is 120 Å². The van der Waals surface area contributed by atoms with Crippen LogP contribution >= 0.6 is 0 Å². The molecule has 0 amide bonds. The smallest absolute Gasteiger partial charge is 0.0714 e. The van der Waals surface area contributed by atoms with Crippen LogP contribution in [-0.4, -0.2) is 0 Å². The summed E-state index contributed by atoms with van der Waals surface area (Å²) in [5, 5.41) is 0. The van der Waals surface area contributed by atoms with Gasteiger partial charge in [-0.15, -0.1) is 0 Å². The minimum atomic E-state index is -0.495. The van der Waals surface area contributed by atoms with Gasteiger partial charge in [-0.25, -0.2) is 0 Å². The molecule has 0 unspecified atom stereocenters. The van der Waals surface area contributed by atoms with Crippen LogP contribution in [0.1, 0.15) is 47.2 Å². The van der Waals surface area contributed by atoms with Crippen LogP contribution in [0.15, 0.2) is 224 Å². The maximum atomic E-state index is 2.45. The summed E-state index contributed by atoms with van der Waals surface area (Å²) in [7, 11) is 0. The van der Waals surface area contributed by atoms with Crippen molar-refractivity contribution in [3.63, 3.8) is 0 Å². The molecule has 0 spiro atoms. The summed E-state index contributed by atoms with van der Waals surface area (Å²) in [5.41, 5.74) is 20.7. The molecular formula is C58H43N. The predicted octanol–water partition coefficient (Wildman–Crippen LogP) is 15.2. The molecule has 1 nitrogen and oxygen atoms in total. The number of rotatable bonds is 7. The van der Waals surface area contributed by atoms with Crippen LogP contribution in [0.4, 0.5) is 17.1 Å². The zero-order valence-electron chi connectivity index (χ0n) is 33.3. The Morgan fingerprint density at radius 3 is 1.41 bits per heavy atom. The molecule has 9 aromatic rings. The Hall–Kier alpha value is -7.22. The van der Waals surface area contributed by atoms with Crippen molar-refractivity contribution in [1.29, 1.82) is 0 Å². The van der Waals surface area contributed by atoms with Crippen molar-refractivity contribution >= 4 is 17.1 Å².